The number of hydrogen-bond acceptors (Lipinski definition) is 6. The molecule has 0 radical (unpaired) electrons. The normalized spacial score (nSPS) is 7.00. The van der Waals surface area contributed by atoms with Gasteiger partial charge in [-0.1, -0.05) is 19.7 Å². The Hall–Kier alpha value is -2.41. The smallest absolute Gasteiger partial charge is 0.332 e. The summed E-state index contributed by atoms with van der Waals surface area (Å²) in [6.45, 7) is 8.63. The van der Waals surface area contributed by atoms with Crippen molar-refractivity contribution in [1.82, 2.24) is 0 Å². The predicted octanol–water partition coefficient (Wildman–Crippen LogP) is 0.268. The van der Waals surface area contributed by atoms with Crippen LogP contribution in [-0.4, -0.2) is 42.0 Å². The van der Waals surface area contributed by atoms with Crippen molar-refractivity contribution in [2.75, 3.05) is 13.9 Å². The third-order valence-electron chi connectivity index (χ3n) is 0.916. The zero-order valence-electron chi connectivity index (χ0n) is 10.00. The van der Waals surface area contributed by atoms with Gasteiger partial charge in [0.2, 0.25) is 0 Å². The highest BCUT2D eigenvalue weighted by molar-refractivity contribution is 5.81. The lowest BCUT2D eigenvalue weighted by Gasteiger charge is -1.89. The van der Waals surface area contributed by atoms with E-state index in [1.165, 1.54) is 7.11 Å². The van der Waals surface area contributed by atoms with Crippen LogP contribution in [0.2, 0.25) is 0 Å². The molecule has 102 valence electrons. The van der Waals surface area contributed by atoms with E-state index in [0.717, 1.165) is 18.2 Å². The number of aliphatic carboxylic acids is 1. The molecular formula is C11H16O7. The van der Waals surface area contributed by atoms with E-state index < -0.39 is 24.7 Å². The van der Waals surface area contributed by atoms with Crippen molar-refractivity contribution >= 4 is 17.9 Å². The topological polar surface area (TPSA) is 110 Å². The van der Waals surface area contributed by atoms with Gasteiger partial charge in [0.25, 0.3) is 0 Å². The molecule has 0 aromatic rings. The van der Waals surface area contributed by atoms with Gasteiger partial charge in [0.15, 0.2) is 6.79 Å². The molecule has 0 aliphatic carbocycles. The molecule has 0 amide bonds. The minimum atomic E-state index is -0.981. The highest BCUT2D eigenvalue weighted by Gasteiger charge is 1.87. The number of aliphatic hydroxyl groups is 1. The minimum absolute atomic E-state index is 0.394. The maximum Gasteiger partial charge on any atom is 0.332 e. The number of carboxylic acid groups (broad SMARTS) is 1. The van der Waals surface area contributed by atoms with Crippen LogP contribution in [0.25, 0.3) is 0 Å². The van der Waals surface area contributed by atoms with Crippen LogP contribution in [0.1, 0.15) is 0 Å². The summed E-state index contributed by atoms with van der Waals surface area (Å²) < 4.78 is 8.13. The molecule has 0 atom stereocenters. The zero-order chi connectivity index (χ0) is 15.0. The van der Waals surface area contributed by atoms with Crippen LogP contribution in [-0.2, 0) is 23.9 Å². The minimum Gasteiger partial charge on any atom is -0.478 e. The van der Waals surface area contributed by atoms with Crippen molar-refractivity contribution in [1.29, 1.82) is 0 Å². The van der Waals surface area contributed by atoms with Gasteiger partial charge in [-0.2, -0.15) is 0 Å². The zero-order valence-corrected chi connectivity index (χ0v) is 10.00. The van der Waals surface area contributed by atoms with Gasteiger partial charge in [0.1, 0.15) is 0 Å². The number of carboxylic acids is 1. The van der Waals surface area contributed by atoms with E-state index in [9.17, 15) is 14.4 Å². The first-order valence-electron chi connectivity index (χ1n) is 4.35. The molecule has 0 spiro atoms. The molecule has 7 nitrogen and oxygen atoms in total. The van der Waals surface area contributed by atoms with Gasteiger partial charge in [0, 0.05) is 18.2 Å². The second-order valence-electron chi connectivity index (χ2n) is 2.07. The highest BCUT2D eigenvalue weighted by atomic mass is 16.6. The Morgan fingerprint density at radius 2 is 1.44 bits per heavy atom. The summed E-state index contributed by atoms with van der Waals surface area (Å²) >= 11 is 0. The number of hydrogen-bond donors (Lipinski definition) is 2. The first kappa shape index (κ1) is 20.9. The quantitative estimate of drug-likeness (QED) is 0.424. The third-order valence-corrected chi connectivity index (χ3v) is 0.916. The Morgan fingerprint density at radius 1 is 1.06 bits per heavy atom. The molecule has 0 aromatic heterocycles. The number of methoxy groups -OCH3 is 1. The molecule has 0 bridgehead atoms. The summed E-state index contributed by atoms with van der Waals surface area (Å²) in [7, 11) is 1.31. The van der Waals surface area contributed by atoms with Crippen LogP contribution in [0.5, 0.6) is 0 Å². The second kappa shape index (κ2) is 17.0. The van der Waals surface area contributed by atoms with E-state index in [-0.39, 0.29) is 0 Å². The van der Waals surface area contributed by atoms with Crippen LogP contribution in [0.3, 0.4) is 0 Å². The Labute approximate surface area is 105 Å². The standard InChI is InChI=1S/C4H6O3.C4H6O2.C3H4O2/c1-2-4(6)7-3-5;1-3-4(5)6-2;1-2-3(4)5/h2,5H,1,3H2;3H,1H2,2H3;2H,1H2,(H,4,5). The molecule has 0 heterocycles. The fraction of sp³-hybridized carbons (Fsp3) is 0.182. The first-order chi connectivity index (χ1) is 8.39. The fourth-order valence-corrected chi connectivity index (χ4v) is 0.206. The maximum absolute atomic E-state index is 9.91. The van der Waals surface area contributed by atoms with E-state index >= 15 is 0 Å². The highest BCUT2D eigenvalue weighted by Crippen LogP contribution is 1.72. The lowest BCUT2D eigenvalue weighted by molar-refractivity contribution is -0.145. The molecule has 0 unspecified atom stereocenters. The van der Waals surface area contributed by atoms with Gasteiger partial charge in [-0.15, -0.1) is 0 Å². The third kappa shape index (κ3) is 29.2. The number of carbonyl (C=O) groups is 3. The van der Waals surface area contributed by atoms with E-state index in [0.29, 0.717) is 0 Å². The Balaban J connectivity index is -0.000000190. The lowest BCUT2D eigenvalue weighted by Crippen LogP contribution is -1.99. The molecule has 0 saturated carbocycles. The fourth-order valence-electron chi connectivity index (χ4n) is 0.206. The average Bonchev–Trinajstić information content (AvgIpc) is 2.39. The molecule has 0 rings (SSSR count). The molecule has 0 aromatic carbocycles. The van der Waals surface area contributed by atoms with Gasteiger partial charge < -0.3 is 19.7 Å². The van der Waals surface area contributed by atoms with E-state index in [4.69, 9.17) is 10.2 Å². The van der Waals surface area contributed by atoms with Gasteiger partial charge in [0.05, 0.1) is 7.11 Å². The average molecular weight is 260 g/mol. The van der Waals surface area contributed by atoms with E-state index in [1.54, 1.807) is 0 Å². The molecule has 0 aliphatic heterocycles. The summed E-state index contributed by atoms with van der Waals surface area (Å²) in [5.74, 6) is -1.98. The number of ether oxygens (including phenoxy) is 2. The Bertz CT molecular complexity index is 294. The summed E-state index contributed by atoms with van der Waals surface area (Å²) in [4.78, 5) is 29.0. The lowest BCUT2D eigenvalue weighted by atomic mass is 10.7. The van der Waals surface area contributed by atoms with Gasteiger partial charge in [-0.25, -0.2) is 14.4 Å². The SMILES string of the molecule is C=CC(=O)O.C=CC(=O)OC.C=CC(=O)OCO. The molecule has 0 aliphatic rings. The van der Waals surface area contributed by atoms with Gasteiger partial charge in [-0.05, 0) is 0 Å². The number of carbonyl (C=O) groups excluding carboxylic acids is 2. The number of aliphatic hydroxyl groups excluding tert-OH is 1. The molecular weight excluding hydrogens is 244 g/mol. The van der Waals surface area contributed by atoms with Crippen molar-refractivity contribution in [3.05, 3.63) is 38.0 Å². The van der Waals surface area contributed by atoms with Crippen molar-refractivity contribution < 1.29 is 34.1 Å². The predicted molar refractivity (Wildman–Crippen MR) is 63.4 cm³/mol. The van der Waals surface area contributed by atoms with Crippen LogP contribution in [0, 0.1) is 0 Å². The van der Waals surface area contributed by atoms with Crippen molar-refractivity contribution in [3.63, 3.8) is 0 Å². The molecule has 18 heavy (non-hydrogen) atoms. The Kier molecular flexibility index (Phi) is 19.8. The van der Waals surface area contributed by atoms with Crippen LogP contribution in [0.4, 0.5) is 0 Å². The van der Waals surface area contributed by atoms with Gasteiger partial charge in [-0.3, -0.25) is 0 Å². The van der Waals surface area contributed by atoms with Crippen LogP contribution >= 0.6 is 0 Å². The summed E-state index contributed by atoms with van der Waals surface area (Å²) in [5, 5.41) is 15.5. The van der Waals surface area contributed by atoms with Crippen molar-refractivity contribution in [3.8, 4) is 0 Å². The van der Waals surface area contributed by atoms with Crippen LogP contribution in [0.15, 0.2) is 38.0 Å². The summed E-state index contributed by atoms with van der Waals surface area (Å²) in [6.07, 6.45) is 2.93. The summed E-state index contributed by atoms with van der Waals surface area (Å²) in [5.41, 5.74) is 0. The molecule has 0 fully saturated rings. The molecule has 2 N–H and O–H groups in total. The first-order valence-corrected chi connectivity index (χ1v) is 4.35. The number of rotatable bonds is 4. The van der Waals surface area contributed by atoms with E-state index in [1.807, 2.05) is 0 Å². The Morgan fingerprint density at radius 3 is 1.50 bits per heavy atom. The largest absolute Gasteiger partial charge is 0.478 e. The monoisotopic (exact) mass is 260 g/mol. The van der Waals surface area contributed by atoms with Crippen LogP contribution < -0.4 is 0 Å². The number of esters is 2. The van der Waals surface area contributed by atoms with Crippen molar-refractivity contribution in [2.24, 2.45) is 0 Å². The van der Waals surface area contributed by atoms with E-state index in [2.05, 4.69) is 29.2 Å². The summed E-state index contributed by atoms with van der Waals surface area (Å²) in [6, 6.07) is 0. The molecule has 7 heteroatoms. The van der Waals surface area contributed by atoms with Crippen molar-refractivity contribution in [2.45, 2.75) is 0 Å². The van der Waals surface area contributed by atoms with Gasteiger partial charge >= 0.3 is 17.9 Å². The maximum atomic E-state index is 9.91. The molecule has 0 saturated heterocycles. The second-order valence-corrected chi connectivity index (χ2v) is 2.07.